The van der Waals surface area contributed by atoms with Gasteiger partial charge in [0.15, 0.2) is 0 Å². The standard InChI is InChI=1S/C11H13F2NO/c12-7-1-4-10(13)9(5-7)11(15)6-14-8-2-3-8/h1,4-5,8,11,14-15H,2-3,6H2. The molecule has 2 nitrogen and oxygen atoms in total. The number of hydrogen-bond acceptors (Lipinski definition) is 2. The van der Waals surface area contributed by atoms with Gasteiger partial charge in [0.05, 0.1) is 6.10 Å². The molecule has 15 heavy (non-hydrogen) atoms. The van der Waals surface area contributed by atoms with Crippen LogP contribution >= 0.6 is 0 Å². The molecule has 0 radical (unpaired) electrons. The van der Waals surface area contributed by atoms with E-state index < -0.39 is 17.7 Å². The molecule has 1 atom stereocenters. The van der Waals surface area contributed by atoms with E-state index in [0.717, 1.165) is 31.0 Å². The summed E-state index contributed by atoms with van der Waals surface area (Å²) in [5.74, 6) is -1.10. The maximum Gasteiger partial charge on any atom is 0.129 e. The van der Waals surface area contributed by atoms with Crippen LogP contribution in [0.1, 0.15) is 24.5 Å². The van der Waals surface area contributed by atoms with Crippen molar-refractivity contribution in [3.05, 3.63) is 35.4 Å². The van der Waals surface area contributed by atoms with Gasteiger partial charge in [-0.15, -0.1) is 0 Å². The van der Waals surface area contributed by atoms with Gasteiger partial charge in [-0.1, -0.05) is 0 Å². The smallest absolute Gasteiger partial charge is 0.129 e. The van der Waals surface area contributed by atoms with Gasteiger partial charge in [0, 0.05) is 18.2 Å². The predicted octanol–water partition coefficient (Wildman–Crippen LogP) is 1.75. The van der Waals surface area contributed by atoms with Gasteiger partial charge in [0.1, 0.15) is 11.6 Å². The molecule has 1 aliphatic rings. The average Bonchev–Trinajstić information content (AvgIpc) is 3.02. The van der Waals surface area contributed by atoms with Gasteiger partial charge < -0.3 is 10.4 Å². The quantitative estimate of drug-likeness (QED) is 0.798. The summed E-state index contributed by atoms with van der Waals surface area (Å²) in [6.45, 7) is 0.269. The highest BCUT2D eigenvalue weighted by Crippen LogP contribution is 2.21. The monoisotopic (exact) mass is 213 g/mol. The van der Waals surface area contributed by atoms with Crippen molar-refractivity contribution in [3.8, 4) is 0 Å². The fourth-order valence-electron chi connectivity index (χ4n) is 1.45. The molecule has 1 saturated carbocycles. The van der Waals surface area contributed by atoms with Gasteiger partial charge in [0.25, 0.3) is 0 Å². The minimum Gasteiger partial charge on any atom is -0.387 e. The summed E-state index contributed by atoms with van der Waals surface area (Å²) >= 11 is 0. The molecule has 1 aromatic rings. The molecule has 0 heterocycles. The summed E-state index contributed by atoms with van der Waals surface area (Å²) in [5.41, 5.74) is 0.0168. The Kier molecular flexibility index (Phi) is 2.98. The Morgan fingerprint density at radius 3 is 2.80 bits per heavy atom. The van der Waals surface area contributed by atoms with E-state index in [0.29, 0.717) is 6.04 Å². The van der Waals surface area contributed by atoms with Crippen LogP contribution in [-0.4, -0.2) is 17.7 Å². The average molecular weight is 213 g/mol. The van der Waals surface area contributed by atoms with Gasteiger partial charge in [-0.25, -0.2) is 8.78 Å². The van der Waals surface area contributed by atoms with E-state index in [9.17, 15) is 13.9 Å². The fourth-order valence-corrected chi connectivity index (χ4v) is 1.45. The third-order valence-electron chi connectivity index (χ3n) is 2.49. The summed E-state index contributed by atoms with van der Waals surface area (Å²) < 4.78 is 26.0. The van der Waals surface area contributed by atoms with E-state index in [1.807, 2.05) is 0 Å². The molecule has 0 spiro atoms. The largest absolute Gasteiger partial charge is 0.387 e. The maximum atomic E-state index is 13.2. The second-order valence-electron chi connectivity index (χ2n) is 3.86. The molecule has 0 bridgehead atoms. The normalized spacial score (nSPS) is 17.8. The minimum atomic E-state index is -0.985. The summed E-state index contributed by atoms with van der Waals surface area (Å²) in [6.07, 6.45) is 1.21. The Hall–Kier alpha value is -1.00. The van der Waals surface area contributed by atoms with Crippen LogP contribution < -0.4 is 5.32 Å². The molecular weight excluding hydrogens is 200 g/mol. The number of benzene rings is 1. The first-order valence-corrected chi connectivity index (χ1v) is 5.03. The molecule has 1 aromatic carbocycles. The SMILES string of the molecule is OC(CNC1CC1)c1cc(F)ccc1F. The summed E-state index contributed by atoms with van der Waals surface area (Å²) in [4.78, 5) is 0. The third kappa shape index (κ3) is 2.73. The van der Waals surface area contributed by atoms with E-state index in [1.165, 1.54) is 0 Å². The Morgan fingerprint density at radius 2 is 2.13 bits per heavy atom. The summed E-state index contributed by atoms with van der Waals surface area (Å²) in [5, 5.41) is 12.7. The Labute approximate surface area is 86.9 Å². The Bertz CT molecular complexity index is 352. The van der Waals surface area contributed by atoms with E-state index in [1.54, 1.807) is 0 Å². The lowest BCUT2D eigenvalue weighted by Gasteiger charge is -2.12. The second-order valence-corrected chi connectivity index (χ2v) is 3.86. The van der Waals surface area contributed by atoms with Crippen molar-refractivity contribution < 1.29 is 13.9 Å². The molecular formula is C11H13F2NO. The van der Waals surface area contributed by atoms with Crippen LogP contribution in [0.4, 0.5) is 8.78 Å². The first-order chi connectivity index (χ1) is 7.16. The van der Waals surface area contributed by atoms with Gasteiger partial charge in [-0.05, 0) is 31.0 Å². The minimum absolute atomic E-state index is 0.0168. The molecule has 1 aliphatic carbocycles. The van der Waals surface area contributed by atoms with Gasteiger partial charge >= 0.3 is 0 Å². The number of aliphatic hydroxyl groups is 1. The first-order valence-electron chi connectivity index (χ1n) is 5.03. The zero-order valence-corrected chi connectivity index (χ0v) is 8.21. The van der Waals surface area contributed by atoms with E-state index in [-0.39, 0.29) is 12.1 Å². The Morgan fingerprint density at radius 1 is 1.40 bits per heavy atom. The predicted molar refractivity (Wildman–Crippen MR) is 52.3 cm³/mol. The molecule has 1 fully saturated rings. The van der Waals surface area contributed by atoms with E-state index >= 15 is 0 Å². The van der Waals surface area contributed by atoms with E-state index in [2.05, 4.69) is 5.32 Å². The highest BCUT2D eigenvalue weighted by atomic mass is 19.1. The number of rotatable bonds is 4. The van der Waals surface area contributed by atoms with Crippen LogP contribution in [0.3, 0.4) is 0 Å². The van der Waals surface area contributed by atoms with Crippen molar-refractivity contribution in [2.75, 3.05) is 6.54 Å². The van der Waals surface area contributed by atoms with Gasteiger partial charge in [0.2, 0.25) is 0 Å². The fraction of sp³-hybridized carbons (Fsp3) is 0.455. The van der Waals surface area contributed by atoms with Crippen molar-refractivity contribution in [1.82, 2.24) is 5.32 Å². The molecule has 0 saturated heterocycles. The highest BCUT2D eigenvalue weighted by molar-refractivity contribution is 5.21. The number of nitrogens with one attached hydrogen (secondary N) is 1. The second kappa shape index (κ2) is 4.24. The van der Waals surface area contributed by atoms with Crippen molar-refractivity contribution in [2.45, 2.75) is 25.0 Å². The third-order valence-corrected chi connectivity index (χ3v) is 2.49. The first kappa shape index (κ1) is 10.5. The van der Waals surface area contributed by atoms with Crippen LogP contribution in [0.2, 0.25) is 0 Å². The number of aliphatic hydroxyl groups excluding tert-OH is 1. The highest BCUT2D eigenvalue weighted by Gasteiger charge is 2.22. The summed E-state index contributed by atoms with van der Waals surface area (Å²) in [7, 11) is 0. The summed E-state index contributed by atoms with van der Waals surface area (Å²) in [6, 6.07) is 3.55. The van der Waals surface area contributed by atoms with Crippen molar-refractivity contribution in [1.29, 1.82) is 0 Å². The molecule has 1 unspecified atom stereocenters. The molecule has 4 heteroatoms. The molecule has 0 amide bonds. The van der Waals surface area contributed by atoms with Crippen molar-refractivity contribution in [2.24, 2.45) is 0 Å². The van der Waals surface area contributed by atoms with Crippen LogP contribution in [0.25, 0.3) is 0 Å². The van der Waals surface area contributed by atoms with Crippen LogP contribution in [-0.2, 0) is 0 Å². The van der Waals surface area contributed by atoms with Gasteiger partial charge in [-0.2, -0.15) is 0 Å². The van der Waals surface area contributed by atoms with E-state index in [4.69, 9.17) is 0 Å². The van der Waals surface area contributed by atoms with Crippen LogP contribution in [0, 0.1) is 11.6 Å². The lowest BCUT2D eigenvalue weighted by molar-refractivity contribution is 0.169. The Balaban J connectivity index is 2.02. The lowest BCUT2D eigenvalue weighted by Crippen LogP contribution is -2.23. The zero-order chi connectivity index (χ0) is 10.8. The van der Waals surface area contributed by atoms with Crippen molar-refractivity contribution in [3.63, 3.8) is 0 Å². The number of hydrogen-bond donors (Lipinski definition) is 2. The molecule has 0 aliphatic heterocycles. The number of halogens is 2. The molecule has 2 N–H and O–H groups in total. The topological polar surface area (TPSA) is 32.3 Å². The molecule has 82 valence electrons. The van der Waals surface area contributed by atoms with Crippen LogP contribution in [0.5, 0.6) is 0 Å². The molecule has 0 aromatic heterocycles. The zero-order valence-electron chi connectivity index (χ0n) is 8.21. The lowest BCUT2D eigenvalue weighted by atomic mass is 10.1. The van der Waals surface area contributed by atoms with Crippen molar-refractivity contribution >= 4 is 0 Å². The molecule has 2 rings (SSSR count). The maximum absolute atomic E-state index is 13.2. The van der Waals surface area contributed by atoms with Crippen LogP contribution in [0.15, 0.2) is 18.2 Å². The van der Waals surface area contributed by atoms with Gasteiger partial charge in [-0.3, -0.25) is 0 Å².